The molecule has 0 N–H and O–H groups in total. The molecule has 0 saturated carbocycles. The Labute approximate surface area is 135 Å². The lowest BCUT2D eigenvalue weighted by atomic mass is 10.2. The number of methoxy groups -OCH3 is 2. The van der Waals surface area contributed by atoms with Crippen LogP contribution < -0.4 is 4.74 Å². The molecule has 6 heteroatoms. The van der Waals surface area contributed by atoms with Crippen LogP contribution in [0.4, 0.5) is 0 Å². The van der Waals surface area contributed by atoms with E-state index in [0.717, 1.165) is 15.7 Å². The number of carbonyl (C=O) groups excluding carboxylic acids is 1. The molecule has 0 unspecified atom stereocenters. The van der Waals surface area contributed by atoms with Crippen molar-refractivity contribution in [3.63, 3.8) is 0 Å². The average Bonchev–Trinajstić information content (AvgIpc) is 2.94. The summed E-state index contributed by atoms with van der Waals surface area (Å²) in [4.78, 5) is 12.0. The van der Waals surface area contributed by atoms with Crippen molar-refractivity contribution in [1.29, 1.82) is 0 Å². The van der Waals surface area contributed by atoms with Gasteiger partial charge in [0.1, 0.15) is 11.3 Å². The number of nitrogens with zero attached hydrogens (tertiary/aromatic N) is 2. The minimum atomic E-state index is -0.480. The molecule has 0 aliphatic rings. The van der Waals surface area contributed by atoms with Crippen molar-refractivity contribution in [3.8, 4) is 11.4 Å². The van der Waals surface area contributed by atoms with Crippen molar-refractivity contribution in [2.24, 2.45) is 0 Å². The van der Waals surface area contributed by atoms with Crippen LogP contribution in [-0.4, -0.2) is 30.0 Å². The Morgan fingerprint density at radius 2 is 1.95 bits per heavy atom. The first kappa shape index (κ1) is 14.6. The fourth-order valence-corrected chi connectivity index (χ4v) is 2.73. The molecule has 0 radical (unpaired) electrons. The van der Waals surface area contributed by atoms with Crippen LogP contribution in [0, 0.1) is 0 Å². The fourth-order valence-electron chi connectivity index (χ4n) is 2.34. The van der Waals surface area contributed by atoms with Crippen LogP contribution in [0.2, 0.25) is 0 Å². The quantitative estimate of drug-likeness (QED) is 0.669. The number of rotatable bonds is 3. The molecule has 5 nitrogen and oxygen atoms in total. The van der Waals surface area contributed by atoms with Crippen molar-refractivity contribution in [2.45, 2.75) is 0 Å². The molecular weight excluding hydrogens is 348 g/mol. The predicted molar refractivity (Wildman–Crippen MR) is 86.7 cm³/mol. The third-order valence-corrected chi connectivity index (χ3v) is 3.81. The number of hydrogen-bond donors (Lipinski definition) is 0. The highest BCUT2D eigenvalue weighted by Gasteiger charge is 2.21. The molecule has 0 bridgehead atoms. The van der Waals surface area contributed by atoms with Crippen molar-refractivity contribution in [2.75, 3.05) is 14.2 Å². The van der Waals surface area contributed by atoms with E-state index in [1.165, 1.54) is 7.11 Å². The lowest BCUT2D eigenvalue weighted by Crippen LogP contribution is -2.04. The van der Waals surface area contributed by atoms with Gasteiger partial charge in [-0.15, -0.1) is 0 Å². The largest absolute Gasteiger partial charge is 0.494 e. The van der Waals surface area contributed by atoms with Crippen molar-refractivity contribution >= 4 is 32.8 Å². The fraction of sp³-hybridized carbons (Fsp3) is 0.125. The smallest absolute Gasteiger partial charge is 0.359 e. The Kier molecular flexibility index (Phi) is 3.85. The van der Waals surface area contributed by atoms with Gasteiger partial charge in [-0.2, -0.15) is 5.10 Å². The Hall–Kier alpha value is -2.34. The lowest BCUT2D eigenvalue weighted by molar-refractivity contribution is 0.0595. The van der Waals surface area contributed by atoms with Crippen LogP contribution >= 0.6 is 15.9 Å². The first-order valence-electron chi connectivity index (χ1n) is 6.55. The predicted octanol–water partition coefficient (Wildman–Crippen LogP) is 3.58. The first-order chi connectivity index (χ1) is 10.7. The van der Waals surface area contributed by atoms with Crippen LogP contribution in [0.25, 0.3) is 16.6 Å². The summed E-state index contributed by atoms with van der Waals surface area (Å²) in [6, 6.07) is 13.1. The lowest BCUT2D eigenvalue weighted by Gasteiger charge is -2.07. The molecule has 2 aromatic carbocycles. The van der Waals surface area contributed by atoms with Gasteiger partial charge < -0.3 is 9.47 Å². The molecule has 1 heterocycles. The molecule has 0 spiro atoms. The van der Waals surface area contributed by atoms with Crippen molar-refractivity contribution in [1.82, 2.24) is 9.78 Å². The van der Waals surface area contributed by atoms with Crippen molar-refractivity contribution in [3.05, 3.63) is 52.6 Å². The van der Waals surface area contributed by atoms with E-state index in [-0.39, 0.29) is 5.69 Å². The number of benzene rings is 2. The van der Waals surface area contributed by atoms with Crippen LogP contribution in [0.15, 0.2) is 46.9 Å². The van der Waals surface area contributed by atoms with Gasteiger partial charge in [0.05, 0.1) is 19.9 Å². The second-order valence-corrected chi connectivity index (χ2v) is 5.50. The summed E-state index contributed by atoms with van der Waals surface area (Å²) < 4.78 is 12.9. The monoisotopic (exact) mass is 360 g/mol. The average molecular weight is 361 g/mol. The SMILES string of the molecule is COC(=O)c1nn(-c2cccc(Br)c2)c2c(OC)cccc12. The van der Waals surface area contributed by atoms with Gasteiger partial charge in [-0.05, 0) is 24.3 Å². The standard InChI is InChI=1S/C16H13BrN2O3/c1-21-13-8-4-7-12-14(16(20)22-2)18-19(15(12)13)11-6-3-5-10(17)9-11/h3-9H,1-2H3. The minimum Gasteiger partial charge on any atom is -0.494 e. The van der Waals surface area contributed by atoms with E-state index in [2.05, 4.69) is 21.0 Å². The molecule has 0 amide bonds. The molecular formula is C16H13BrN2O3. The number of ether oxygens (including phenoxy) is 2. The van der Waals surface area contributed by atoms with E-state index >= 15 is 0 Å². The van der Waals surface area contributed by atoms with Gasteiger partial charge >= 0.3 is 5.97 Å². The maximum Gasteiger partial charge on any atom is 0.359 e. The molecule has 22 heavy (non-hydrogen) atoms. The summed E-state index contributed by atoms with van der Waals surface area (Å²) in [6.07, 6.45) is 0. The number of esters is 1. The van der Waals surface area contributed by atoms with Gasteiger partial charge in [0, 0.05) is 9.86 Å². The minimum absolute atomic E-state index is 0.261. The number of fused-ring (bicyclic) bond motifs is 1. The maximum absolute atomic E-state index is 12.0. The summed E-state index contributed by atoms with van der Waals surface area (Å²) in [6.45, 7) is 0. The number of aromatic nitrogens is 2. The van der Waals surface area contributed by atoms with Gasteiger partial charge in [-0.25, -0.2) is 9.48 Å². The molecule has 3 aromatic rings. The summed E-state index contributed by atoms with van der Waals surface area (Å²) in [5.74, 6) is 0.159. The van der Waals surface area contributed by atoms with Crippen LogP contribution in [-0.2, 0) is 4.74 Å². The zero-order valence-corrected chi connectivity index (χ0v) is 13.6. The van der Waals surface area contributed by atoms with Gasteiger partial charge in [-0.1, -0.05) is 34.1 Å². The first-order valence-corrected chi connectivity index (χ1v) is 7.35. The number of carbonyl (C=O) groups is 1. The highest BCUT2D eigenvalue weighted by molar-refractivity contribution is 9.10. The summed E-state index contributed by atoms with van der Waals surface area (Å²) in [5, 5.41) is 5.11. The van der Waals surface area contributed by atoms with Gasteiger partial charge in [0.15, 0.2) is 5.69 Å². The van der Waals surface area contributed by atoms with Gasteiger partial charge in [0.25, 0.3) is 0 Å². The van der Waals surface area contributed by atoms with Crippen LogP contribution in [0.1, 0.15) is 10.5 Å². The molecule has 0 fully saturated rings. The Morgan fingerprint density at radius 3 is 2.64 bits per heavy atom. The summed E-state index contributed by atoms with van der Waals surface area (Å²) in [7, 11) is 2.93. The molecule has 112 valence electrons. The second-order valence-electron chi connectivity index (χ2n) is 4.59. The highest BCUT2D eigenvalue weighted by atomic mass is 79.9. The maximum atomic E-state index is 12.0. The number of halogens is 1. The van der Waals surface area contributed by atoms with Crippen LogP contribution in [0.5, 0.6) is 5.75 Å². The normalized spacial score (nSPS) is 10.7. The molecule has 0 atom stereocenters. The van der Waals surface area contributed by atoms with E-state index in [1.807, 2.05) is 42.5 Å². The highest BCUT2D eigenvalue weighted by Crippen LogP contribution is 2.31. The Bertz CT molecular complexity index is 858. The summed E-state index contributed by atoms with van der Waals surface area (Å²) >= 11 is 3.44. The molecule has 0 saturated heterocycles. The van der Waals surface area contributed by atoms with E-state index in [1.54, 1.807) is 11.8 Å². The molecule has 3 rings (SSSR count). The van der Waals surface area contributed by atoms with E-state index in [4.69, 9.17) is 9.47 Å². The van der Waals surface area contributed by atoms with E-state index in [0.29, 0.717) is 11.1 Å². The third-order valence-electron chi connectivity index (χ3n) is 3.32. The Balaban J connectivity index is 2.36. The molecule has 0 aliphatic heterocycles. The van der Waals surface area contributed by atoms with Crippen molar-refractivity contribution < 1.29 is 14.3 Å². The molecule has 1 aromatic heterocycles. The Morgan fingerprint density at radius 1 is 1.18 bits per heavy atom. The molecule has 0 aliphatic carbocycles. The number of para-hydroxylation sites is 1. The zero-order chi connectivity index (χ0) is 15.7. The number of hydrogen-bond acceptors (Lipinski definition) is 4. The summed E-state index contributed by atoms with van der Waals surface area (Å²) in [5.41, 5.74) is 1.80. The topological polar surface area (TPSA) is 53.3 Å². The van der Waals surface area contributed by atoms with Crippen LogP contribution in [0.3, 0.4) is 0 Å². The second kappa shape index (κ2) is 5.81. The third kappa shape index (κ3) is 2.35. The zero-order valence-electron chi connectivity index (χ0n) is 12.0. The van der Waals surface area contributed by atoms with Gasteiger partial charge in [-0.3, -0.25) is 0 Å². The van der Waals surface area contributed by atoms with Gasteiger partial charge in [0.2, 0.25) is 0 Å². The van der Waals surface area contributed by atoms with E-state index in [9.17, 15) is 4.79 Å². The van der Waals surface area contributed by atoms with E-state index < -0.39 is 5.97 Å².